The average Bonchev–Trinajstić information content (AvgIpc) is 2.52. The number of hydrogen-bond donors (Lipinski definition) is 0. The molecule has 0 bridgehead atoms. The monoisotopic (exact) mass is 324 g/mol. The quantitative estimate of drug-likeness (QED) is 0.234. The topological polar surface area (TPSA) is 17.1 Å². The van der Waals surface area contributed by atoms with E-state index < -0.39 is 0 Å². The second-order valence-corrected chi connectivity index (χ2v) is 7.59. The molecular formula is C22H44O. The minimum Gasteiger partial charge on any atom is -0.300 e. The van der Waals surface area contributed by atoms with Gasteiger partial charge in [0, 0.05) is 6.42 Å². The van der Waals surface area contributed by atoms with Crippen LogP contribution in [0.2, 0.25) is 0 Å². The highest BCUT2D eigenvalue weighted by atomic mass is 16.1. The lowest BCUT2D eigenvalue weighted by Gasteiger charge is -2.15. The fraction of sp³-hybridized carbons (Fsp3) is 0.955. The van der Waals surface area contributed by atoms with Crippen molar-refractivity contribution in [3.8, 4) is 0 Å². The lowest BCUT2D eigenvalue weighted by atomic mass is 9.90. The molecule has 0 saturated carbocycles. The third-order valence-electron chi connectivity index (χ3n) is 5.01. The maximum Gasteiger partial charge on any atom is 0.130 e. The van der Waals surface area contributed by atoms with Crippen molar-refractivity contribution in [3.63, 3.8) is 0 Å². The highest BCUT2D eigenvalue weighted by Crippen LogP contribution is 2.22. The van der Waals surface area contributed by atoms with Crippen LogP contribution in [0.15, 0.2) is 0 Å². The van der Waals surface area contributed by atoms with E-state index in [4.69, 9.17) is 0 Å². The van der Waals surface area contributed by atoms with Gasteiger partial charge in [-0.2, -0.15) is 0 Å². The average molecular weight is 325 g/mol. The molecule has 1 heteroatoms. The van der Waals surface area contributed by atoms with E-state index in [0.717, 1.165) is 6.42 Å². The van der Waals surface area contributed by atoms with Crippen molar-refractivity contribution in [2.75, 3.05) is 0 Å². The zero-order valence-electron chi connectivity index (χ0n) is 16.5. The van der Waals surface area contributed by atoms with Gasteiger partial charge in [-0.3, -0.25) is 0 Å². The largest absolute Gasteiger partial charge is 0.300 e. The molecule has 138 valence electrons. The van der Waals surface area contributed by atoms with E-state index in [2.05, 4.69) is 13.8 Å². The van der Waals surface area contributed by atoms with E-state index in [1.807, 2.05) is 0 Å². The standard InChI is InChI=1S/C22H44O/c1-4-6-8-9-10-11-12-13-14-15-17-19-22(20-21(3)23)18-16-7-5-2/h22H,4-20H2,1-3H3. The van der Waals surface area contributed by atoms with E-state index in [1.165, 1.54) is 103 Å². The molecule has 1 atom stereocenters. The first-order valence-corrected chi connectivity index (χ1v) is 10.7. The zero-order valence-corrected chi connectivity index (χ0v) is 16.5. The number of Topliss-reactive ketones (excluding diaryl/α,β-unsaturated/α-hetero) is 1. The molecule has 0 aliphatic carbocycles. The molecule has 0 aromatic rings. The summed E-state index contributed by atoms with van der Waals surface area (Å²) in [6, 6.07) is 0. The maximum atomic E-state index is 11.4. The molecule has 1 nitrogen and oxygen atoms in total. The SMILES string of the molecule is CCCCCCCCCCCCCC(CCCCC)CC(C)=O. The normalized spacial score (nSPS) is 12.5. The molecular weight excluding hydrogens is 280 g/mol. The van der Waals surface area contributed by atoms with Gasteiger partial charge in [-0.25, -0.2) is 0 Å². The van der Waals surface area contributed by atoms with Crippen molar-refractivity contribution < 1.29 is 4.79 Å². The first-order chi connectivity index (χ1) is 11.2. The summed E-state index contributed by atoms with van der Waals surface area (Å²) in [4.78, 5) is 11.4. The van der Waals surface area contributed by atoms with Crippen LogP contribution in [0.5, 0.6) is 0 Å². The molecule has 0 amide bonds. The van der Waals surface area contributed by atoms with Gasteiger partial charge in [0.25, 0.3) is 0 Å². The summed E-state index contributed by atoms with van der Waals surface area (Å²) in [5.41, 5.74) is 0. The Morgan fingerprint density at radius 1 is 0.609 bits per heavy atom. The predicted molar refractivity (Wildman–Crippen MR) is 104 cm³/mol. The van der Waals surface area contributed by atoms with Gasteiger partial charge < -0.3 is 4.79 Å². The van der Waals surface area contributed by atoms with Crippen LogP contribution in [0, 0.1) is 5.92 Å². The molecule has 0 N–H and O–H groups in total. The smallest absolute Gasteiger partial charge is 0.130 e. The Kier molecular flexibility index (Phi) is 17.8. The van der Waals surface area contributed by atoms with Crippen LogP contribution in [0.25, 0.3) is 0 Å². The second-order valence-electron chi connectivity index (χ2n) is 7.59. The molecule has 23 heavy (non-hydrogen) atoms. The minimum atomic E-state index is 0.384. The van der Waals surface area contributed by atoms with Crippen LogP contribution in [-0.2, 0) is 4.79 Å². The van der Waals surface area contributed by atoms with Gasteiger partial charge in [0.2, 0.25) is 0 Å². The lowest BCUT2D eigenvalue weighted by molar-refractivity contribution is -0.118. The van der Waals surface area contributed by atoms with Crippen molar-refractivity contribution in [1.29, 1.82) is 0 Å². The third-order valence-corrected chi connectivity index (χ3v) is 5.01. The maximum absolute atomic E-state index is 11.4. The van der Waals surface area contributed by atoms with Gasteiger partial charge in [0.1, 0.15) is 5.78 Å². The van der Waals surface area contributed by atoms with Crippen LogP contribution in [-0.4, -0.2) is 5.78 Å². The molecule has 0 aliphatic heterocycles. The highest BCUT2D eigenvalue weighted by molar-refractivity contribution is 5.75. The number of ketones is 1. The van der Waals surface area contributed by atoms with Gasteiger partial charge in [-0.15, -0.1) is 0 Å². The summed E-state index contributed by atoms with van der Waals surface area (Å²) in [7, 11) is 0. The van der Waals surface area contributed by atoms with E-state index in [9.17, 15) is 4.79 Å². The molecule has 0 aliphatic rings. The summed E-state index contributed by atoms with van der Waals surface area (Å²) in [5, 5.41) is 0. The van der Waals surface area contributed by atoms with Crippen LogP contribution in [0.3, 0.4) is 0 Å². The van der Waals surface area contributed by atoms with Gasteiger partial charge in [0.15, 0.2) is 0 Å². The van der Waals surface area contributed by atoms with Crippen molar-refractivity contribution in [2.24, 2.45) is 5.92 Å². The van der Waals surface area contributed by atoms with Gasteiger partial charge >= 0.3 is 0 Å². The van der Waals surface area contributed by atoms with E-state index in [-0.39, 0.29) is 0 Å². The van der Waals surface area contributed by atoms with E-state index in [0.29, 0.717) is 11.7 Å². The van der Waals surface area contributed by atoms with Gasteiger partial charge in [0.05, 0.1) is 0 Å². The summed E-state index contributed by atoms with van der Waals surface area (Å²) in [5.74, 6) is 1.05. The summed E-state index contributed by atoms with van der Waals surface area (Å²) in [6.07, 6.45) is 22.8. The first-order valence-electron chi connectivity index (χ1n) is 10.7. The number of carbonyl (C=O) groups is 1. The Morgan fingerprint density at radius 2 is 0.957 bits per heavy atom. The van der Waals surface area contributed by atoms with Gasteiger partial charge in [-0.1, -0.05) is 117 Å². The minimum absolute atomic E-state index is 0.384. The first kappa shape index (κ1) is 22.7. The van der Waals surface area contributed by atoms with Crippen molar-refractivity contribution in [1.82, 2.24) is 0 Å². The molecule has 0 saturated heterocycles. The van der Waals surface area contributed by atoms with Crippen molar-refractivity contribution >= 4 is 5.78 Å². The number of unbranched alkanes of at least 4 members (excludes halogenated alkanes) is 12. The fourth-order valence-electron chi connectivity index (χ4n) is 3.54. The molecule has 0 rings (SSSR count). The molecule has 1 unspecified atom stereocenters. The van der Waals surface area contributed by atoms with Gasteiger partial charge in [-0.05, 0) is 12.8 Å². The number of rotatable bonds is 18. The van der Waals surface area contributed by atoms with Crippen LogP contribution in [0.1, 0.15) is 130 Å². The molecule has 0 aromatic carbocycles. The Balaban J connectivity index is 3.45. The van der Waals surface area contributed by atoms with E-state index >= 15 is 0 Å². The summed E-state index contributed by atoms with van der Waals surface area (Å²) in [6.45, 7) is 6.29. The summed E-state index contributed by atoms with van der Waals surface area (Å²) < 4.78 is 0. The molecule has 0 radical (unpaired) electrons. The van der Waals surface area contributed by atoms with Crippen LogP contribution >= 0.6 is 0 Å². The van der Waals surface area contributed by atoms with Crippen LogP contribution in [0.4, 0.5) is 0 Å². The Bertz CT molecular complexity index is 246. The fourth-order valence-corrected chi connectivity index (χ4v) is 3.54. The Morgan fingerprint density at radius 3 is 1.39 bits per heavy atom. The molecule has 0 spiro atoms. The number of hydrogen-bond acceptors (Lipinski definition) is 1. The highest BCUT2D eigenvalue weighted by Gasteiger charge is 2.10. The second kappa shape index (κ2) is 18.0. The number of carbonyl (C=O) groups excluding carboxylic acids is 1. The molecule has 0 aromatic heterocycles. The third kappa shape index (κ3) is 17.9. The Labute approximate surface area is 147 Å². The summed E-state index contributed by atoms with van der Waals surface area (Å²) >= 11 is 0. The predicted octanol–water partition coefficient (Wildman–Crippen LogP) is 7.86. The lowest BCUT2D eigenvalue weighted by Crippen LogP contribution is -2.06. The van der Waals surface area contributed by atoms with Crippen LogP contribution < -0.4 is 0 Å². The zero-order chi connectivity index (χ0) is 17.2. The molecule has 0 fully saturated rings. The molecule has 0 heterocycles. The van der Waals surface area contributed by atoms with Crippen molar-refractivity contribution in [2.45, 2.75) is 130 Å². The Hall–Kier alpha value is -0.330. The van der Waals surface area contributed by atoms with Crippen molar-refractivity contribution in [3.05, 3.63) is 0 Å². The van der Waals surface area contributed by atoms with E-state index in [1.54, 1.807) is 6.92 Å².